The Balaban J connectivity index is 1.82. The van der Waals surface area contributed by atoms with Crippen LogP contribution in [0.4, 0.5) is 10.1 Å². The van der Waals surface area contributed by atoms with Crippen LogP contribution < -0.4 is 9.46 Å². The second kappa shape index (κ2) is 6.13. The van der Waals surface area contributed by atoms with Crippen LogP contribution in [-0.4, -0.2) is 20.3 Å². The van der Waals surface area contributed by atoms with E-state index in [4.69, 9.17) is 4.74 Å². The number of ether oxygens (including phenoxy) is 1. The topological polar surface area (TPSA) is 55.4 Å². The van der Waals surface area contributed by atoms with Gasteiger partial charge in [0, 0.05) is 11.6 Å². The maximum absolute atomic E-state index is 13.3. The van der Waals surface area contributed by atoms with E-state index in [-0.39, 0.29) is 11.4 Å². The molecule has 0 unspecified atom stereocenters. The summed E-state index contributed by atoms with van der Waals surface area (Å²) in [7, 11) is -3.36. The van der Waals surface area contributed by atoms with Crippen molar-refractivity contribution in [3.8, 4) is 5.75 Å². The summed E-state index contributed by atoms with van der Waals surface area (Å²) >= 11 is 0. The number of hydrogen-bond acceptors (Lipinski definition) is 3. The molecule has 26 heavy (non-hydrogen) atoms. The highest BCUT2D eigenvalue weighted by atomic mass is 32.2. The van der Waals surface area contributed by atoms with Gasteiger partial charge in [-0.05, 0) is 67.2 Å². The summed E-state index contributed by atoms with van der Waals surface area (Å²) in [6, 6.07) is 11.7. The fourth-order valence-electron chi connectivity index (χ4n) is 3.78. The molecule has 1 heterocycles. The third-order valence-electron chi connectivity index (χ3n) is 4.90. The van der Waals surface area contributed by atoms with Crippen LogP contribution in [0.1, 0.15) is 36.8 Å². The molecule has 1 fully saturated rings. The van der Waals surface area contributed by atoms with Crippen LogP contribution in [-0.2, 0) is 10.0 Å². The summed E-state index contributed by atoms with van der Waals surface area (Å²) in [6.45, 7) is 0. The average Bonchev–Trinajstić information content (AvgIpc) is 3.01. The molecule has 6 heteroatoms. The normalized spacial score (nSPS) is 18.2. The zero-order chi connectivity index (χ0) is 18.4. The molecule has 1 saturated carbocycles. The Morgan fingerprint density at radius 3 is 2.42 bits per heavy atom. The van der Waals surface area contributed by atoms with Crippen LogP contribution in [0.3, 0.4) is 0 Å². The minimum atomic E-state index is -3.36. The van der Waals surface area contributed by atoms with Gasteiger partial charge in [-0.3, -0.25) is 4.72 Å². The van der Waals surface area contributed by atoms with Crippen LogP contribution >= 0.6 is 0 Å². The van der Waals surface area contributed by atoms with E-state index in [1.807, 2.05) is 6.07 Å². The second-order valence-corrected chi connectivity index (χ2v) is 8.77. The Bertz CT molecular complexity index is 975. The maximum atomic E-state index is 13.3. The highest BCUT2D eigenvalue weighted by Crippen LogP contribution is 2.46. The molecule has 2 aliphatic rings. The van der Waals surface area contributed by atoms with E-state index < -0.39 is 10.0 Å². The Hall–Kier alpha value is -2.34. The molecular weight excluding hydrogens is 353 g/mol. The number of nitrogens with one attached hydrogen (secondary N) is 1. The van der Waals surface area contributed by atoms with Gasteiger partial charge in [-0.15, -0.1) is 0 Å². The molecule has 0 amide bonds. The quantitative estimate of drug-likeness (QED) is 0.871. The van der Waals surface area contributed by atoms with Crippen molar-refractivity contribution in [1.82, 2.24) is 0 Å². The first-order valence-electron chi connectivity index (χ1n) is 8.64. The first-order chi connectivity index (χ1) is 12.3. The van der Waals surface area contributed by atoms with Crippen LogP contribution in [0.5, 0.6) is 5.75 Å². The fraction of sp³-hybridized carbons (Fsp3) is 0.300. The van der Waals surface area contributed by atoms with E-state index in [0.717, 1.165) is 48.6 Å². The van der Waals surface area contributed by atoms with Crippen molar-refractivity contribution in [2.45, 2.75) is 31.3 Å². The molecule has 1 aliphatic heterocycles. The van der Waals surface area contributed by atoms with Gasteiger partial charge in [-0.1, -0.05) is 12.1 Å². The lowest BCUT2D eigenvalue weighted by molar-refractivity contribution is 0.124. The molecule has 2 aromatic carbocycles. The van der Waals surface area contributed by atoms with E-state index in [2.05, 4.69) is 10.8 Å². The number of sulfonamides is 1. The third-order valence-corrected chi connectivity index (χ3v) is 5.51. The molecule has 0 atom stereocenters. The van der Waals surface area contributed by atoms with Gasteiger partial charge in [-0.2, -0.15) is 0 Å². The highest BCUT2D eigenvalue weighted by molar-refractivity contribution is 7.92. The lowest BCUT2D eigenvalue weighted by Gasteiger charge is -2.34. The third kappa shape index (κ3) is 3.33. The highest BCUT2D eigenvalue weighted by Gasteiger charge is 2.38. The van der Waals surface area contributed by atoms with Crippen molar-refractivity contribution in [3.63, 3.8) is 0 Å². The molecule has 1 N–H and O–H groups in total. The zero-order valence-electron chi connectivity index (χ0n) is 14.5. The fourth-order valence-corrected chi connectivity index (χ4v) is 4.34. The minimum Gasteiger partial charge on any atom is -0.482 e. The Labute approximate surface area is 152 Å². The van der Waals surface area contributed by atoms with Gasteiger partial charge in [0.05, 0.1) is 11.9 Å². The molecule has 136 valence electrons. The molecule has 1 spiro atoms. The van der Waals surface area contributed by atoms with Crippen molar-refractivity contribution in [2.75, 3.05) is 11.0 Å². The molecule has 0 radical (unpaired) electrons. The first kappa shape index (κ1) is 17.1. The number of halogens is 1. The van der Waals surface area contributed by atoms with Crippen LogP contribution in [0.25, 0.3) is 5.57 Å². The van der Waals surface area contributed by atoms with E-state index in [1.165, 1.54) is 12.1 Å². The number of benzene rings is 2. The predicted octanol–water partition coefficient (Wildman–Crippen LogP) is 4.33. The van der Waals surface area contributed by atoms with E-state index in [9.17, 15) is 12.8 Å². The standard InChI is InChI=1S/C20H20FNO3S/c1-26(23,24)22-16-8-9-17-18(14-4-6-15(21)7-5-14)13-20(10-2-3-11-20)25-19(17)12-16/h4-9,12-13,22H,2-3,10-11H2,1H3. The van der Waals surface area contributed by atoms with Gasteiger partial charge < -0.3 is 4.74 Å². The van der Waals surface area contributed by atoms with E-state index >= 15 is 0 Å². The van der Waals surface area contributed by atoms with Crippen molar-refractivity contribution in [2.24, 2.45) is 0 Å². The average molecular weight is 373 g/mol. The molecular formula is C20H20FNO3S. The lowest BCUT2D eigenvalue weighted by Crippen LogP contribution is -2.33. The van der Waals surface area contributed by atoms with E-state index in [1.54, 1.807) is 24.3 Å². The van der Waals surface area contributed by atoms with Crippen LogP contribution in [0.2, 0.25) is 0 Å². The summed E-state index contributed by atoms with van der Waals surface area (Å²) in [4.78, 5) is 0. The number of anilines is 1. The smallest absolute Gasteiger partial charge is 0.229 e. The van der Waals surface area contributed by atoms with Gasteiger partial charge in [0.2, 0.25) is 10.0 Å². The van der Waals surface area contributed by atoms with Crippen LogP contribution in [0.15, 0.2) is 48.5 Å². The lowest BCUT2D eigenvalue weighted by atomic mass is 9.87. The molecule has 1 aliphatic carbocycles. The number of hydrogen-bond donors (Lipinski definition) is 1. The maximum Gasteiger partial charge on any atom is 0.229 e. The van der Waals surface area contributed by atoms with Gasteiger partial charge in [-0.25, -0.2) is 12.8 Å². The van der Waals surface area contributed by atoms with Crippen LogP contribution in [0, 0.1) is 5.82 Å². The van der Waals surface area contributed by atoms with Gasteiger partial charge >= 0.3 is 0 Å². The zero-order valence-corrected chi connectivity index (χ0v) is 15.3. The second-order valence-electron chi connectivity index (χ2n) is 7.02. The Morgan fingerprint density at radius 1 is 1.08 bits per heavy atom. The van der Waals surface area contributed by atoms with Crippen molar-refractivity contribution in [1.29, 1.82) is 0 Å². The molecule has 0 aromatic heterocycles. The monoisotopic (exact) mass is 373 g/mol. The van der Waals surface area contributed by atoms with Gasteiger partial charge in [0.15, 0.2) is 0 Å². The van der Waals surface area contributed by atoms with Crippen molar-refractivity contribution < 1.29 is 17.5 Å². The molecule has 0 bridgehead atoms. The summed E-state index contributed by atoms with van der Waals surface area (Å²) < 4.78 is 45.2. The number of rotatable bonds is 3. The summed E-state index contributed by atoms with van der Waals surface area (Å²) in [5, 5.41) is 0. The summed E-state index contributed by atoms with van der Waals surface area (Å²) in [5.41, 5.74) is 2.90. The van der Waals surface area contributed by atoms with Gasteiger partial charge in [0.1, 0.15) is 17.2 Å². The molecule has 2 aromatic rings. The van der Waals surface area contributed by atoms with Crippen molar-refractivity contribution >= 4 is 21.3 Å². The number of fused-ring (bicyclic) bond motifs is 1. The molecule has 4 rings (SSSR count). The first-order valence-corrected chi connectivity index (χ1v) is 10.5. The van der Waals surface area contributed by atoms with Crippen molar-refractivity contribution in [3.05, 3.63) is 65.5 Å². The van der Waals surface area contributed by atoms with Gasteiger partial charge in [0.25, 0.3) is 0 Å². The molecule has 4 nitrogen and oxygen atoms in total. The SMILES string of the molecule is CS(=O)(=O)Nc1ccc2c(c1)OC1(C=C2c2ccc(F)cc2)CCCC1. The molecule has 0 saturated heterocycles. The van der Waals surface area contributed by atoms with E-state index in [0.29, 0.717) is 11.4 Å². The minimum absolute atomic E-state index is 0.273. The Morgan fingerprint density at radius 2 is 1.77 bits per heavy atom. The Kier molecular flexibility index (Phi) is 4.03. The largest absolute Gasteiger partial charge is 0.482 e. The predicted molar refractivity (Wildman–Crippen MR) is 100 cm³/mol. The summed E-state index contributed by atoms with van der Waals surface area (Å²) in [5.74, 6) is 0.382. The summed E-state index contributed by atoms with van der Waals surface area (Å²) in [6.07, 6.45) is 7.28.